The maximum Gasteiger partial charge on any atom is 0.472 e. The van der Waals surface area contributed by atoms with E-state index in [1.807, 2.05) is 6.08 Å². The first kappa shape index (κ1) is 42.8. The predicted octanol–water partition coefficient (Wildman–Crippen LogP) is 10.1. The number of phosphoric acid groups is 1. The second-order valence-corrected chi connectivity index (χ2v) is 13.3. The summed E-state index contributed by atoms with van der Waals surface area (Å²) in [6.45, 7) is 4.18. The van der Waals surface area contributed by atoms with Gasteiger partial charge in [-0.1, -0.05) is 129 Å². The van der Waals surface area contributed by atoms with Gasteiger partial charge in [-0.15, -0.1) is 0 Å². The fourth-order valence-electron chi connectivity index (χ4n) is 4.77. The van der Waals surface area contributed by atoms with E-state index in [1.54, 1.807) is 6.26 Å². The molecule has 0 aromatic carbocycles. The van der Waals surface area contributed by atoms with Crippen molar-refractivity contribution in [2.75, 3.05) is 26.4 Å². The van der Waals surface area contributed by atoms with Crippen LogP contribution < -0.4 is 5.73 Å². The number of nitrogens with two attached hydrogens (primary N) is 1. The topological polar surface area (TPSA) is 117 Å². The van der Waals surface area contributed by atoms with E-state index in [9.17, 15) is 14.3 Å². The number of esters is 1. The van der Waals surface area contributed by atoms with Crippen LogP contribution in [0.2, 0.25) is 0 Å². The van der Waals surface area contributed by atoms with Gasteiger partial charge in [0.2, 0.25) is 0 Å². The molecule has 8 nitrogen and oxygen atoms in total. The van der Waals surface area contributed by atoms with Gasteiger partial charge >= 0.3 is 13.8 Å². The number of phosphoric ester groups is 1. The van der Waals surface area contributed by atoms with Gasteiger partial charge in [-0.3, -0.25) is 13.8 Å². The lowest BCUT2D eigenvalue weighted by molar-refractivity contribution is -0.153. The summed E-state index contributed by atoms with van der Waals surface area (Å²) >= 11 is 0. The van der Waals surface area contributed by atoms with Crippen molar-refractivity contribution in [3.8, 4) is 0 Å². The molecule has 0 aliphatic carbocycles. The smallest absolute Gasteiger partial charge is 0.472 e. The number of unbranched alkanes of at least 4 members (excludes halogenated alkanes) is 19. The van der Waals surface area contributed by atoms with Crippen LogP contribution in [0.25, 0.3) is 0 Å². The number of rotatable bonds is 34. The zero-order valence-corrected chi connectivity index (χ0v) is 29.3. The highest BCUT2D eigenvalue weighted by molar-refractivity contribution is 7.47. The molecule has 0 heterocycles. The van der Waals surface area contributed by atoms with Gasteiger partial charge in [-0.2, -0.15) is 0 Å². The standard InChI is InChI=1S/C35H68NO7P/c1-3-5-7-9-11-13-15-16-17-19-21-23-25-27-30-40-32-34(33-42-44(38,39)41-31-29-36)43-35(37)28-26-24-22-20-18-14-12-10-8-6-4-2/h10,12,27,30,34H,3-9,11,13-26,28-29,31-33,36H2,1-2H3,(H,38,39)/b12-10-,30-27-/t34-/m1/s1. The van der Waals surface area contributed by atoms with Gasteiger partial charge in [0.25, 0.3) is 0 Å². The van der Waals surface area contributed by atoms with E-state index in [1.165, 1.54) is 96.3 Å². The van der Waals surface area contributed by atoms with Crippen LogP contribution in [0, 0.1) is 0 Å². The maximum atomic E-state index is 12.4. The first-order chi connectivity index (χ1) is 21.4. The SMILES string of the molecule is CCCC/C=C\CCCCCCCC(=O)O[C@H](CO/C=C\CCCCCCCCCCCCCC)COP(=O)(O)OCCN. The van der Waals surface area contributed by atoms with Crippen molar-refractivity contribution in [1.82, 2.24) is 0 Å². The highest BCUT2D eigenvalue weighted by Crippen LogP contribution is 2.43. The van der Waals surface area contributed by atoms with Crippen molar-refractivity contribution in [3.63, 3.8) is 0 Å². The molecule has 0 radical (unpaired) electrons. The van der Waals surface area contributed by atoms with Crippen LogP contribution >= 0.6 is 7.82 Å². The second-order valence-electron chi connectivity index (χ2n) is 11.8. The molecule has 0 aliphatic rings. The number of carbonyl (C=O) groups excluding carboxylic acids is 1. The lowest BCUT2D eigenvalue weighted by Crippen LogP contribution is -2.27. The normalized spacial score (nSPS) is 13.9. The first-order valence-electron chi connectivity index (χ1n) is 17.9. The Labute approximate surface area is 270 Å². The monoisotopic (exact) mass is 645 g/mol. The Hall–Kier alpha value is -1.18. The minimum absolute atomic E-state index is 0.0311. The number of ether oxygens (including phenoxy) is 2. The summed E-state index contributed by atoms with van der Waals surface area (Å²) in [5, 5.41) is 0. The molecule has 0 bridgehead atoms. The molecule has 9 heteroatoms. The zero-order valence-electron chi connectivity index (χ0n) is 28.4. The average Bonchev–Trinajstić information content (AvgIpc) is 3.01. The molecule has 0 rings (SSSR count). The Morgan fingerprint density at radius 1 is 0.682 bits per heavy atom. The second kappa shape index (κ2) is 33.2. The quantitative estimate of drug-likeness (QED) is 0.0233. The molecule has 0 aliphatic heterocycles. The molecule has 0 amide bonds. The fraction of sp³-hybridized carbons (Fsp3) is 0.857. The predicted molar refractivity (Wildman–Crippen MR) is 182 cm³/mol. The molecule has 2 atom stereocenters. The maximum absolute atomic E-state index is 12.4. The van der Waals surface area contributed by atoms with Crippen molar-refractivity contribution in [2.24, 2.45) is 5.73 Å². The minimum atomic E-state index is -4.28. The van der Waals surface area contributed by atoms with E-state index in [2.05, 4.69) is 26.0 Å². The van der Waals surface area contributed by atoms with E-state index in [-0.39, 0.29) is 32.3 Å². The Morgan fingerprint density at radius 3 is 1.75 bits per heavy atom. The van der Waals surface area contributed by atoms with Crippen LogP contribution in [-0.2, 0) is 27.9 Å². The Kier molecular flexibility index (Phi) is 32.3. The van der Waals surface area contributed by atoms with Crippen LogP contribution in [-0.4, -0.2) is 43.3 Å². The van der Waals surface area contributed by atoms with E-state index in [0.29, 0.717) is 6.42 Å². The molecule has 0 aromatic rings. The van der Waals surface area contributed by atoms with Crippen molar-refractivity contribution in [1.29, 1.82) is 0 Å². The summed E-state index contributed by atoms with van der Waals surface area (Å²) in [5.74, 6) is -0.364. The van der Waals surface area contributed by atoms with Gasteiger partial charge in [0.05, 0.1) is 19.5 Å². The largest absolute Gasteiger partial charge is 0.498 e. The molecule has 260 valence electrons. The van der Waals surface area contributed by atoms with Crippen molar-refractivity contribution in [3.05, 3.63) is 24.5 Å². The summed E-state index contributed by atoms with van der Waals surface area (Å²) in [5.41, 5.74) is 5.33. The first-order valence-corrected chi connectivity index (χ1v) is 19.4. The molecule has 0 fully saturated rings. The van der Waals surface area contributed by atoms with Crippen LogP contribution in [0.15, 0.2) is 24.5 Å². The minimum Gasteiger partial charge on any atom is -0.498 e. The van der Waals surface area contributed by atoms with Crippen LogP contribution in [0.5, 0.6) is 0 Å². The van der Waals surface area contributed by atoms with Crippen LogP contribution in [0.4, 0.5) is 0 Å². The zero-order chi connectivity index (χ0) is 32.4. The van der Waals surface area contributed by atoms with Crippen LogP contribution in [0.1, 0.15) is 162 Å². The number of hydrogen-bond donors (Lipinski definition) is 2. The summed E-state index contributed by atoms with van der Waals surface area (Å²) in [7, 11) is -4.28. The van der Waals surface area contributed by atoms with Gasteiger partial charge in [-0.05, 0) is 44.6 Å². The van der Waals surface area contributed by atoms with E-state index < -0.39 is 13.9 Å². The third-order valence-electron chi connectivity index (χ3n) is 7.44. The Morgan fingerprint density at radius 2 is 1.18 bits per heavy atom. The van der Waals surface area contributed by atoms with E-state index in [0.717, 1.165) is 44.9 Å². The third kappa shape index (κ3) is 32.2. The van der Waals surface area contributed by atoms with Crippen molar-refractivity contribution >= 4 is 13.8 Å². The molecule has 0 saturated carbocycles. The summed E-state index contributed by atoms with van der Waals surface area (Å²) in [6.07, 6.45) is 34.2. The molecular formula is C35H68NO7P. The lowest BCUT2D eigenvalue weighted by Gasteiger charge is -2.19. The molecule has 0 aromatic heterocycles. The Bertz CT molecular complexity index is 732. The Balaban J connectivity index is 4.18. The molecule has 44 heavy (non-hydrogen) atoms. The average molecular weight is 646 g/mol. The van der Waals surface area contributed by atoms with Crippen molar-refractivity contribution < 1.29 is 32.8 Å². The molecule has 0 spiro atoms. The number of hydrogen-bond acceptors (Lipinski definition) is 7. The summed E-state index contributed by atoms with van der Waals surface area (Å²) in [6, 6.07) is 0. The molecule has 0 saturated heterocycles. The number of carbonyl (C=O) groups is 1. The van der Waals surface area contributed by atoms with E-state index >= 15 is 0 Å². The van der Waals surface area contributed by atoms with Gasteiger partial charge in [0, 0.05) is 13.0 Å². The third-order valence-corrected chi connectivity index (χ3v) is 8.42. The van der Waals surface area contributed by atoms with Crippen molar-refractivity contribution in [2.45, 2.75) is 168 Å². The number of allylic oxidation sites excluding steroid dienone is 3. The van der Waals surface area contributed by atoms with E-state index in [4.69, 9.17) is 24.3 Å². The van der Waals surface area contributed by atoms with Gasteiger partial charge in [-0.25, -0.2) is 4.57 Å². The molecule has 1 unspecified atom stereocenters. The highest BCUT2D eigenvalue weighted by atomic mass is 31.2. The fourth-order valence-corrected chi connectivity index (χ4v) is 5.53. The molecular weight excluding hydrogens is 577 g/mol. The highest BCUT2D eigenvalue weighted by Gasteiger charge is 2.25. The van der Waals surface area contributed by atoms with Gasteiger partial charge < -0.3 is 20.1 Å². The van der Waals surface area contributed by atoms with Crippen LogP contribution in [0.3, 0.4) is 0 Å². The summed E-state index contributed by atoms with van der Waals surface area (Å²) < 4.78 is 32.9. The van der Waals surface area contributed by atoms with Gasteiger partial charge in [0.15, 0.2) is 6.10 Å². The lowest BCUT2D eigenvalue weighted by atomic mass is 10.0. The van der Waals surface area contributed by atoms with Gasteiger partial charge in [0.1, 0.15) is 6.61 Å². The summed E-state index contributed by atoms with van der Waals surface area (Å²) in [4.78, 5) is 22.3. The molecule has 3 N–H and O–H groups in total.